The van der Waals surface area contributed by atoms with Gasteiger partial charge in [-0.25, -0.2) is 4.79 Å². The smallest absolute Gasteiger partial charge is 0.337 e. The number of aromatic nitrogens is 1. The summed E-state index contributed by atoms with van der Waals surface area (Å²) in [6.45, 7) is 14.3. The summed E-state index contributed by atoms with van der Waals surface area (Å²) >= 11 is 0. The molecule has 202 valence electrons. The maximum absolute atomic E-state index is 12.8. The second-order valence-electron chi connectivity index (χ2n) is 12.6. The quantitative estimate of drug-likeness (QED) is 0.266. The molecule has 3 heterocycles. The average molecular weight is 518 g/mol. The number of rotatable bonds is 4. The number of carbonyl (C=O) groups excluding carboxylic acids is 1. The van der Waals surface area contributed by atoms with Crippen molar-refractivity contribution in [3.05, 3.63) is 60.3 Å². The van der Waals surface area contributed by atoms with Crippen LogP contribution in [-0.4, -0.2) is 42.2 Å². The van der Waals surface area contributed by atoms with Crippen LogP contribution in [0.2, 0.25) is 0 Å². The molecule has 0 N–H and O–H groups in total. The molecule has 6 heteroatoms. The van der Waals surface area contributed by atoms with Gasteiger partial charge in [0.25, 0.3) is 0 Å². The van der Waals surface area contributed by atoms with E-state index in [1.165, 1.54) is 5.57 Å². The Balaban J connectivity index is 1.25. The standard InChI is InChI=1S/C32H39NO5/c1-20-11-14-26-31(4,16-15-27-32(26,5)19-36-30(2,3)38-27)23(20)13-12-22-25(18-35-29(22)34)37-24-10-6-8-21-9-7-17-33-28(21)24/h6-10,12,17,23,25-27H,1,11,13-16,18-19H2,2-5H3/b22-12+/t23-,25+,26+,27-,31+,32+/m1/s1. The van der Waals surface area contributed by atoms with Crippen LogP contribution in [0.3, 0.4) is 0 Å². The fourth-order valence-electron chi connectivity index (χ4n) is 7.84. The lowest BCUT2D eigenvalue weighted by atomic mass is 9.46. The summed E-state index contributed by atoms with van der Waals surface area (Å²) in [6.07, 6.45) is 8.50. The first-order chi connectivity index (χ1) is 18.1. The van der Waals surface area contributed by atoms with Gasteiger partial charge in [-0.15, -0.1) is 0 Å². The van der Waals surface area contributed by atoms with E-state index in [4.69, 9.17) is 18.9 Å². The number of pyridine rings is 1. The van der Waals surface area contributed by atoms with Crippen molar-refractivity contribution >= 4 is 16.9 Å². The summed E-state index contributed by atoms with van der Waals surface area (Å²) in [5.74, 6) is 0.575. The fraction of sp³-hybridized carbons (Fsp3) is 0.562. The van der Waals surface area contributed by atoms with Crippen molar-refractivity contribution in [1.82, 2.24) is 4.98 Å². The molecule has 2 aliphatic carbocycles. The number of allylic oxidation sites excluding steroid dienone is 2. The molecular weight excluding hydrogens is 478 g/mol. The molecule has 0 unspecified atom stereocenters. The lowest BCUT2D eigenvalue weighted by Crippen LogP contribution is -2.62. The predicted octanol–water partition coefficient (Wildman–Crippen LogP) is 6.40. The van der Waals surface area contributed by atoms with Gasteiger partial charge in [0.05, 0.1) is 18.3 Å². The van der Waals surface area contributed by atoms with Crippen LogP contribution in [0.4, 0.5) is 0 Å². The van der Waals surface area contributed by atoms with Crippen LogP contribution < -0.4 is 4.74 Å². The molecule has 4 fully saturated rings. The molecule has 6 rings (SSSR count). The van der Waals surface area contributed by atoms with Crippen molar-refractivity contribution in [2.45, 2.75) is 77.8 Å². The van der Waals surface area contributed by atoms with Crippen molar-refractivity contribution in [3.8, 4) is 5.75 Å². The largest absolute Gasteiger partial charge is 0.480 e. The van der Waals surface area contributed by atoms with E-state index < -0.39 is 11.9 Å². The van der Waals surface area contributed by atoms with Crippen LogP contribution in [0.15, 0.2) is 60.3 Å². The molecule has 1 aromatic carbocycles. The number of ether oxygens (including phenoxy) is 4. The maximum atomic E-state index is 12.8. The molecule has 0 amide bonds. The lowest BCUT2D eigenvalue weighted by molar-refractivity contribution is -0.344. The Bertz CT molecular complexity index is 1290. The van der Waals surface area contributed by atoms with Gasteiger partial charge in [0.2, 0.25) is 0 Å². The number of carbonyl (C=O) groups is 1. The normalized spacial score (nSPS) is 37.5. The van der Waals surface area contributed by atoms with Crippen molar-refractivity contribution in [2.24, 2.45) is 22.7 Å². The predicted molar refractivity (Wildman–Crippen MR) is 146 cm³/mol. The average Bonchev–Trinajstić information content (AvgIpc) is 3.23. The minimum absolute atomic E-state index is 0.0338. The zero-order valence-corrected chi connectivity index (χ0v) is 23.0. The third kappa shape index (κ3) is 4.17. The summed E-state index contributed by atoms with van der Waals surface area (Å²) in [7, 11) is 0. The minimum Gasteiger partial charge on any atom is -0.480 e. The van der Waals surface area contributed by atoms with E-state index in [1.807, 2.05) is 44.2 Å². The Labute approximate surface area is 225 Å². The molecule has 2 aliphatic heterocycles. The summed E-state index contributed by atoms with van der Waals surface area (Å²) in [5.41, 5.74) is 2.69. The van der Waals surface area contributed by atoms with Gasteiger partial charge in [0.15, 0.2) is 11.9 Å². The van der Waals surface area contributed by atoms with Crippen LogP contribution in [-0.2, 0) is 19.0 Å². The Morgan fingerprint density at radius 2 is 1.95 bits per heavy atom. The van der Waals surface area contributed by atoms with Crippen LogP contribution in [0.25, 0.3) is 10.9 Å². The second kappa shape index (κ2) is 9.20. The number of nitrogens with zero attached hydrogens (tertiary/aromatic N) is 1. The van der Waals surface area contributed by atoms with Crippen molar-refractivity contribution in [2.75, 3.05) is 13.2 Å². The summed E-state index contributed by atoms with van der Waals surface area (Å²) in [5, 5.41) is 1.00. The van der Waals surface area contributed by atoms with E-state index in [1.54, 1.807) is 6.20 Å². The Hall–Kier alpha value is -2.70. The fourth-order valence-corrected chi connectivity index (χ4v) is 7.84. The van der Waals surface area contributed by atoms with Gasteiger partial charge in [-0.05, 0) is 75.3 Å². The molecular formula is C32H39NO5. The van der Waals surface area contributed by atoms with Crippen molar-refractivity contribution < 1.29 is 23.7 Å². The third-order valence-electron chi connectivity index (χ3n) is 9.86. The Morgan fingerprint density at radius 3 is 2.79 bits per heavy atom. The highest BCUT2D eigenvalue weighted by Crippen LogP contribution is 2.63. The van der Waals surface area contributed by atoms with Gasteiger partial charge in [-0.1, -0.05) is 50.3 Å². The number of hydrogen-bond donors (Lipinski definition) is 0. The van der Waals surface area contributed by atoms with Crippen molar-refractivity contribution in [1.29, 1.82) is 0 Å². The molecule has 0 spiro atoms. The zero-order valence-electron chi connectivity index (χ0n) is 23.0. The number of fused-ring (bicyclic) bond motifs is 4. The van der Waals surface area contributed by atoms with Crippen LogP contribution in [0, 0.1) is 22.7 Å². The van der Waals surface area contributed by atoms with Crippen molar-refractivity contribution in [3.63, 3.8) is 0 Å². The molecule has 6 atom stereocenters. The molecule has 1 aromatic heterocycles. The van der Waals surface area contributed by atoms with Gasteiger partial charge in [-0.2, -0.15) is 0 Å². The maximum Gasteiger partial charge on any atom is 0.337 e. The van der Waals surface area contributed by atoms with E-state index in [0.29, 0.717) is 23.8 Å². The number of hydrogen-bond acceptors (Lipinski definition) is 6. The summed E-state index contributed by atoms with van der Waals surface area (Å²) in [6, 6.07) is 9.77. The zero-order chi connectivity index (χ0) is 26.7. The molecule has 4 aliphatic rings. The van der Waals surface area contributed by atoms with E-state index in [-0.39, 0.29) is 35.4 Å². The van der Waals surface area contributed by atoms with Crippen LogP contribution in [0.5, 0.6) is 5.75 Å². The van der Waals surface area contributed by atoms with Gasteiger partial charge >= 0.3 is 5.97 Å². The molecule has 2 saturated carbocycles. The molecule has 2 saturated heterocycles. The van der Waals surface area contributed by atoms with Crippen LogP contribution >= 0.6 is 0 Å². The molecule has 2 aromatic rings. The summed E-state index contributed by atoms with van der Waals surface area (Å²) < 4.78 is 24.5. The Kier molecular flexibility index (Phi) is 6.19. The first kappa shape index (κ1) is 25.6. The lowest BCUT2D eigenvalue weighted by Gasteiger charge is -2.63. The highest BCUT2D eigenvalue weighted by molar-refractivity contribution is 5.92. The van der Waals surface area contributed by atoms with E-state index in [9.17, 15) is 4.79 Å². The van der Waals surface area contributed by atoms with E-state index >= 15 is 0 Å². The van der Waals surface area contributed by atoms with E-state index in [0.717, 1.165) is 43.0 Å². The molecule has 0 bridgehead atoms. The third-order valence-corrected chi connectivity index (χ3v) is 9.86. The van der Waals surface area contributed by atoms with Crippen LogP contribution in [0.1, 0.15) is 59.8 Å². The number of para-hydroxylation sites is 1. The SMILES string of the molecule is C=C1CC[C@@H]2[C@]3(C)COC(C)(C)O[C@@H]3CC[C@@]2(C)[C@@H]1C/C=C1/C(=O)OC[C@@H]1Oc1cccc2cccnc12. The number of benzene rings is 1. The molecule has 6 nitrogen and oxygen atoms in total. The monoisotopic (exact) mass is 517 g/mol. The topological polar surface area (TPSA) is 66.9 Å². The van der Waals surface area contributed by atoms with Gasteiger partial charge < -0.3 is 18.9 Å². The summed E-state index contributed by atoms with van der Waals surface area (Å²) in [4.78, 5) is 17.3. The van der Waals surface area contributed by atoms with Gasteiger partial charge in [0.1, 0.15) is 17.9 Å². The highest BCUT2D eigenvalue weighted by Gasteiger charge is 2.60. The highest BCUT2D eigenvalue weighted by atomic mass is 16.7. The number of esters is 1. The first-order valence-electron chi connectivity index (χ1n) is 14.0. The minimum atomic E-state index is -0.530. The molecule has 38 heavy (non-hydrogen) atoms. The second-order valence-corrected chi connectivity index (χ2v) is 12.6. The van der Waals surface area contributed by atoms with E-state index in [2.05, 4.69) is 31.5 Å². The van der Waals surface area contributed by atoms with Gasteiger partial charge in [-0.3, -0.25) is 4.98 Å². The first-order valence-corrected chi connectivity index (χ1v) is 14.0. The van der Waals surface area contributed by atoms with Gasteiger partial charge in [0, 0.05) is 17.0 Å². The number of cyclic esters (lactones) is 1. The Morgan fingerprint density at radius 1 is 1.13 bits per heavy atom. The molecule has 0 radical (unpaired) electrons.